The highest BCUT2D eigenvalue weighted by molar-refractivity contribution is 5.12. The fourth-order valence-corrected chi connectivity index (χ4v) is 3.17. The molecule has 0 amide bonds. The molecule has 0 spiro atoms. The Labute approximate surface area is 122 Å². The van der Waals surface area contributed by atoms with Gasteiger partial charge in [0.05, 0.1) is 18.3 Å². The Kier molecular flexibility index (Phi) is 5.95. The molecule has 0 aromatic carbocycles. The molecule has 20 heavy (non-hydrogen) atoms. The molecule has 1 aromatic heterocycles. The number of aliphatic hydroxyl groups is 1. The summed E-state index contributed by atoms with van der Waals surface area (Å²) < 4.78 is 0. The molecule has 0 aliphatic carbocycles. The van der Waals surface area contributed by atoms with E-state index in [0.29, 0.717) is 0 Å². The zero-order chi connectivity index (χ0) is 14.4. The Hall–Kier alpha value is -0.970. The maximum atomic E-state index is 9.73. The van der Waals surface area contributed by atoms with E-state index < -0.39 is 0 Å². The summed E-state index contributed by atoms with van der Waals surface area (Å²) in [7, 11) is 0. The number of aromatic nitrogens is 1. The summed E-state index contributed by atoms with van der Waals surface area (Å²) in [6, 6.07) is 6.38. The minimum absolute atomic E-state index is 0.0528. The number of hydrogen-bond donors (Lipinski definition) is 2. The molecule has 1 aliphatic rings. The van der Waals surface area contributed by atoms with E-state index in [9.17, 15) is 5.11 Å². The topological polar surface area (TPSA) is 62.4 Å². The van der Waals surface area contributed by atoms with Crippen molar-refractivity contribution in [3.63, 3.8) is 0 Å². The number of rotatable bonds is 5. The third kappa shape index (κ3) is 3.57. The van der Waals surface area contributed by atoms with Gasteiger partial charge in [-0.05, 0) is 37.9 Å². The number of nitrogens with zero attached hydrogens (tertiary/aromatic N) is 2. The van der Waals surface area contributed by atoms with Crippen LogP contribution in [-0.4, -0.2) is 40.2 Å². The Morgan fingerprint density at radius 1 is 1.40 bits per heavy atom. The van der Waals surface area contributed by atoms with Gasteiger partial charge in [-0.2, -0.15) is 0 Å². The second kappa shape index (κ2) is 7.72. The van der Waals surface area contributed by atoms with Crippen LogP contribution in [0.3, 0.4) is 0 Å². The van der Waals surface area contributed by atoms with E-state index in [0.717, 1.165) is 25.1 Å². The van der Waals surface area contributed by atoms with E-state index in [1.165, 1.54) is 19.3 Å². The van der Waals surface area contributed by atoms with Crippen LogP contribution in [-0.2, 0) is 0 Å². The van der Waals surface area contributed by atoms with Gasteiger partial charge in [0.25, 0.3) is 0 Å². The molecular weight excluding hydrogens is 250 g/mol. The minimum atomic E-state index is 0.0528. The maximum absolute atomic E-state index is 9.73. The van der Waals surface area contributed by atoms with Crippen LogP contribution in [0, 0.1) is 0 Å². The van der Waals surface area contributed by atoms with Gasteiger partial charge in [-0.15, -0.1) is 0 Å². The molecule has 0 saturated carbocycles. The van der Waals surface area contributed by atoms with Crippen LogP contribution < -0.4 is 5.73 Å². The lowest BCUT2D eigenvalue weighted by Gasteiger charge is -2.38. The lowest BCUT2D eigenvalue weighted by molar-refractivity contribution is 0.0695. The largest absolute Gasteiger partial charge is 0.395 e. The van der Waals surface area contributed by atoms with Crippen molar-refractivity contribution in [2.75, 3.05) is 13.2 Å². The molecule has 1 aromatic rings. The van der Waals surface area contributed by atoms with Crippen molar-refractivity contribution >= 4 is 0 Å². The summed E-state index contributed by atoms with van der Waals surface area (Å²) in [5.41, 5.74) is 7.41. The maximum Gasteiger partial charge on any atom is 0.0676 e. The summed E-state index contributed by atoms with van der Waals surface area (Å²) in [5.74, 6) is 0. The molecule has 1 saturated heterocycles. The summed E-state index contributed by atoms with van der Waals surface area (Å²) in [5, 5.41) is 9.73. The van der Waals surface area contributed by atoms with Crippen molar-refractivity contribution in [1.29, 1.82) is 0 Å². The van der Waals surface area contributed by atoms with Crippen molar-refractivity contribution in [2.45, 2.75) is 57.2 Å². The monoisotopic (exact) mass is 277 g/mol. The first-order chi connectivity index (χ1) is 9.77. The second-order valence-electron chi connectivity index (χ2n) is 5.70. The van der Waals surface area contributed by atoms with Crippen LogP contribution in [0.25, 0.3) is 0 Å². The predicted octanol–water partition coefficient (Wildman–Crippen LogP) is 2.10. The van der Waals surface area contributed by atoms with Gasteiger partial charge in [0, 0.05) is 18.3 Å². The average Bonchev–Trinajstić information content (AvgIpc) is 2.74. The van der Waals surface area contributed by atoms with E-state index in [1.807, 2.05) is 18.3 Å². The first-order valence-corrected chi connectivity index (χ1v) is 7.81. The molecule has 3 unspecified atom stereocenters. The third-order valence-corrected chi connectivity index (χ3v) is 4.36. The average molecular weight is 277 g/mol. The highest BCUT2D eigenvalue weighted by atomic mass is 16.3. The zero-order valence-electron chi connectivity index (χ0n) is 12.4. The zero-order valence-corrected chi connectivity index (χ0v) is 12.4. The van der Waals surface area contributed by atoms with E-state index in [-0.39, 0.29) is 24.7 Å². The Balaban J connectivity index is 2.29. The van der Waals surface area contributed by atoms with Gasteiger partial charge in [-0.1, -0.05) is 25.8 Å². The van der Waals surface area contributed by atoms with Crippen molar-refractivity contribution in [3.05, 3.63) is 30.1 Å². The molecule has 1 aliphatic heterocycles. The van der Waals surface area contributed by atoms with Crippen LogP contribution in [0.5, 0.6) is 0 Å². The Bertz CT molecular complexity index is 385. The molecule has 3 N–H and O–H groups in total. The normalized spacial score (nSPS) is 24.1. The SMILES string of the molecule is CCC(N)C(c1ccccn1)N1CCCCCC1CO. The van der Waals surface area contributed by atoms with Crippen LogP contribution in [0.4, 0.5) is 0 Å². The van der Waals surface area contributed by atoms with Gasteiger partial charge < -0.3 is 10.8 Å². The van der Waals surface area contributed by atoms with Gasteiger partial charge in [-0.25, -0.2) is 0 Å². The summed E-state index contributed by atoms with van der Waals surface area (Å²) >= 11 is 0. The first-order valence-electron chi connectivity index (χ1n) is 7.81. The summed E-state index contributed by atoms with van der Waals surface area (Å²) in [6.45, 7) is 3.33. The number of aliphatic hydroxyl groups excluding tert-OH is 1. The number of pyridine rings is 1. The van der Waals surface area contributed by atoms with Crippen LogP contribution in [0.2, 0.25) is 0 Å². The molecule has 0 radical (unpaired) electrons. The first kappa shape index (κ1) is 15.4. The van der Waals surface area contributed by atoms with E-state index >= 15 is 0 Å². The fourth-order valence-electron chi connectivity index (χ4n) is 3.17. The van der Waals surface area contributed by atoms with Gasteiger partial charge in [-0.3, -0.25) is 9.88 Å². The standard InChI is InChI=1S/C16H27N3O/c1-2-14(17)16(15-9-5-6-10-18-15)19-11-7-3-4-8-13(19)12-20/h5-6,9-10,13-14,16,20H,2-4,7-8,11-12,17H2,1H3. The Morgan fingerprint density at radius 2 is 2.25 bits per heavy atom. The molecule has 0 bridgehead atoms. The highest BCUT2D eigenvalue weighted by Crippen LogP contribution is 2.29. The molecular formula is C16H27N3O. The quantitative estimate of drug-likeness (QED) is 0.865. The lowest BCUT2D eigenvalue weighted by atomic mass is 9.98. The number of hydrogen-bond acceptors (Lipinski definition) is 4. The van der Waals surface area contributed by atoms with E-state index in [4.69, 9.17) is 5.73 Å². The smallest absolute Gasteiger partial charge is 0.0676 e. The Morgan fingerprint density at radius 3 is 2.90 bits per heavy atom. The minimum Gasteiger partial charge on any atom is -0.395 e. The van der Waals surface area contributed by atoms with Crippen molar-refractivity contribution in [2.24, 2.45) is 5.73 Å². The second-order valence-corrected chi connectivity index (χ2v) is 5.70. The lowest BCUT2D eigenvalue weighted by Crippen LogP contribution is -2.47. The molecule has 3 atom stereocenters. The van der Waals surface area contributed by atoms with Crippen molar-refractivity contribution < 1.29 is 5.11 Å². The highest BCUT2D eigenvalue weighted by Gasteiger charge is 2.32. The summed E-state index contributed by atoms with van der Waals surface area (Å²) in [6.07, 6.45) is 7.40. The fraction of sp³-hybridized carbons (Fsp3) is 0.688. The molecule has 2 heterocycles. The molecule has 2 rings (SSSR count). The number of nitrogens with two attached hydrogens (primary N) is 1. The summed E-state index contributed by atoms with van der Waals surface area (Å²) in [4.78, 5) is 6.91. The molecule has 112 valence electrons. The van der Waals surface area contributed by atoms with Gasteiger partial charge >= 0.3 is 0 Å². The van der Waals surface area contributed by atoms with Gasteiger partial charge in [0.1, 0.15) is 0 Å². The molecule has 4 nitrogen and oxygen atoms in total. The van der Waals surface area contributed by atoms with Crippen molar-refractivity contribution in [3.8, 4) is 0 Å². The molecule has 1 fully saturated rings. The van der Waals surface area contributed by atoms with E-state index in [2.05, 4.69) is 22.9 Å². The van der Waals surface area contributed by atoms with Gasteiger partial charge in [0.2, 0.25) is 0 Å². The van der Waals surface area contributed by atoms with Crippen LogP contribution >= 0.6 is 0 Å². The van der Waals surface area contributed by atoms with Gasteiger partial charge in [0.15, 0.2) is 0 Å². The van der Waals surface area contributed by atoms with Crippen molar-refractivity contribution in [1.82, 2.24) is 9.88 Å². The molecule has 4 heteroatoms. The third-order valence-electron chi connectivity index (χ3n) is 4.36. The number of likely N-dealkylation sites (tertiary alicyclic amines) is 1. The van der Waals surface area contributed by atoms with E-state index in [1.54, 1.807) is 0 Å². The predicted molar refractivity (Wildman–Crippen MR) is 81.3 cm³/mol. The van der Waals surface area contributed by atoms with Crippen LogP contribution in [0.1, 0.15) is 50.8 Å². The van der Waals surface area contributed by atoms with Crippen LogP contribution in [0.15, 0.2) is 24.4 Å².